The highest BCUT2D eigenvalue weighted by Crippen LogP contribution is 2.19. The number of benzene rings is 1. The van der Waals surface area contributed by atoms with Crippen LogP contribution in [0.4, 0.5) is 5.69 Å². The molecule has 1 rings (SSSR count). The zero-order valence-corrected chi connectivity index (χ0v) is 10.8. The zero-order chi connectivity index (χ0) is 14.3. The van der Waals surface area contributed by atoms with Crippen molar-refractivity contribution >= 4 is 17.6 Å². The summed E-state index contributed by atoms with van der Waals surface area (Å²) >= 11 is 0. The molecule has 0 atom stereocenters. The van der Waals surface area contributed by atoms with E-state index in [4.69, 9.17) is 9.84 Å². The normalized spacial score (nSPS) is 9.74. The van der Waals surface area contributed by atoms with Gasteiger partial charge in [0.25, 0.3) is 0 Å². The predicted molar refractivity (Wildman–Crippen MR) is 72.4 cm³/mol. The van der Waals surface area contributed by atoms with Gasteiger partial charge < -0.3 is 14.7 Å². The number of hydrogen-bond acceptors (Lipinski definition) is 3. The van der Waals surface area contributed by atoms with Crippen molar-refractivity contribution in [1.82, 2.24) is 0 Å². The third kappa shape index (κ3) is 4.83. The van der Waals surface area contributed by atoms with E-state index < -0.39 is 5.97 Å². The van der Waals surface area contributed by atoms with E-state index in [1.165, 1.54) is 0 Å². The Morgan fingerprint density at radius 3 is 2.53 bits per heavy atom. The summed E-state index contributed by atoms with van der Waals surface area (Å²) < 4.78 is 5.01. The third-order valence-corrected chi connectivity index (χ3v) is 2.52. The van der Waals surface area contributed by atoms with E-state index in [9.17, 15) is 9.59 Å². The molecule has 0 spiro atoms. The number of hydrogen-bond donors (Lipinski definition) is 1. The van der Waals surface area contributed by atoms with E-state index in [0.717, 1.165) is 5.69 Å². The Labute approximate surface area is 112 Å². The molecule has 0 heterocycles. The molecule has 1 N–H and O–H groups in total. The van der Waals surface area contributed by atoms with Crippen molar-refractivity contribution in [2.24, 2.45) is 0 Å². The molecule has 1 amide bonds. The number of allylic oxidation sites excluding steroid dienone is 1. The van der Waals surface area contributed by atoms with Gasteiger partial charge in [-0.25, -0.2) is 4.79 Å². The Kier molecular flexibility index (Phi) is 5.60. The summed E-state index contributed by atoms with van der Waals surface area (Å²) in [5, 5.41) is 8.49. The van der Waals surface area contributed by atoms with E-state index in [-0.39, 0.29) is 12.5 Å². The number of nitrogens with zero attached hydrogens (tertiary/aromatic N) is 1. The lowest BCUT2D eigenvalue weighted by Crippen LogP contribution is -2.25. The van der Waals surface area contributed by atoms with Crippen molar-refractivity contribution in [2.75, 3.05) is 18.6 Å². The van der Waals surface area contributed by atoms with Gasteiger partial charge in [-0.15, -0.1) is 6.58 Å². The van der Waals surface area contributed by atoms with E-state index in [2.05, 4.69) is 6.58 Å². The fourth-order valence-corrected chi connectivity index (χ4v) is 1.45. The number of carboxylic acid groups (broad SMARTS) is 1. The molecule has 5 heteroatoms. The molecule has 0 bridgehead atoms. The standard InChI is InChI=1S/C14H17NO4/c1-3-4-5-13(16)15(2)11-6-8-12(9-7-11)19-10-14(17)18/h3,6-9H,1,4-5,10H2,2H3,(H,17,18). The second-order valence-electron chi connectivity index (χ2n) is 3.96. The van der Waals surface area contributed by atoms with Crippen LogP contribution in [0.3, 0.4) is 0 Å². The zero-order valence-electron chi connectivity index (χ0n) is 10.8. The Bertz CT molecular complexity index is 453. The minimum atomic E-state index is -1.03. The highest BCUT2D eigenvalue weighted by molar-refractivity contribution is 5.92. The molecule has 19 heavy (non-hydrogen) atoms. The van der Waals surface area contributed by atoms with Crippen molar-refractivity contribution < 1.29 is 19.4 Å². The molecule has 0 aromatic heterocycles. The molecule has 1 aromatic rings. The van der Waals surface area contributed by atoms with Crippen molar-refractivity contribution in [2.45, 2.75) is 12.8 Å². The smallest absolute Gasteiger partial charge is 0.341 e. The van der Waals surface area contributed by atoms with Crippen LogP contribution >= 0.6 is 0 Å². The molecule has 102 valence electrons. The van der Waals surface area contributed by atoms with Crippen molar-refractivity contribution in [3.05, 3.63) is 36.9 Å². The second-order valence-corrected chi connectivity index (χ2v) is 3.96. The number of aliphatic carboxylic acids is 1. The van der Waals surface area contributed by atoms with Gasteiger partial charge in [-0.05, 0) is 30.7 Å². The fraction of sp³-hybridized carbons (Fsp3) is 0.286. The van der Waals surface area contributed by atoms with Crippen LogP contribution in [0.15, 0.2) is 36.9 Å². The number of anilines is 1. The lowest BCUT2D eigenvalue weighted by molar-refractivity contribution is -0.139. The van der Waals surface area contributed by atoms with Gasteiger partial charge in [0.1, 0.15) is 5.75 Å². The van der Waals surface area contributed by atoms with Crippen LogP contribution in [0.1, 0.15) is 12.8 Å². The average Bonchev–Trinajstić information content (AvgIpc) is 2.42. The summed E-state index contributed by atoms with van der Waals surface area (Å²) in [5.41, 5.74) is 0.733. The minimum absolute atomic E-state index is 0.000829. The molecule has 0 aliphatic rings. The van der Waals surface area contributed by atoms with Gasteiger partial charge >= 0.3 is 5.97 Å². The van der Waals surface area contributed by atoms with Gasteiger partial charge in [-0.3, -0.25) is 4.79 Å². The number of rotatable bonds is 7. The second kappa shape index (κ2) is 7.20. The van der Waals surface area contributed by atoms with Crippen LogP contribution in [0.25, 0.3) is 0 Å². The van der Waals surface area contributed by atoms with Crippen LogP contribution in [0.5, 0.6) is 5.75 Å². The molecule has 0 radical (unpaired) electrons. The molecular formula is C14H17NO4. The highest BCUT2D eigenvalue weighted by Gasteiger charge is 2.10. The van der Waals surface area contributed by atoms with E-state index in [0.29, 0.717) is 18.6 Å². The van der Waals surface area contributed by atoms with Gasteiger partial charge in [-0.1, -0.05) is 6.08 Å². The summed E-state index contributed by atoms with van der Waals surface area (Å²) in [6.07, 6.45) is 2.76. The Morgan fingerprint density at radius 1 is 1.37 bits per heavy atom. The quantitative estimate of drug-likeness (QED) is 0.765. The summed E-state index contributed by atoms with van der Waals surface area (Å²) in [7, 11) is 1.69. The first kappa shape index (κ1) is 14.8. The van der Waals surface area contributed by atoms with E-state index in [1.807, 2.05) is 0 Å². The summed E-state index contributed by atoms with van der Waals surface area (Å²) in [5.74, 6) is -0.571. The SMILES string of the molecule is C=CCCC(=O)N(C)c1ccc(OCC(=O)O)cc1. The number of amides is 1. The van der Waals surface area contributed by atoms with Crippen LogP contribution in [-0.2, 0) is 9.59 Å². The summed E-state index contributed by atoms with van der Waals surface area (Å²) in [4.78, 5) is 23.7. The van der Waals surface area contributed by atoms with Gasteiger partial charge in [0.2, 0.25) is 5.91 Å². The molecule has 0 aliphatic carbocycles. The first-order valence-electron chi connectivity index (χ1n) is 5.86. The maximum Gasteiger partial charge on any atom is 0.341 e. The average molecular weight is 263 g/mol. The van der Waals surface area contributed by atoms with Gasteiger partial charge in [0, 0.05) is 19.2 Å². The lowest BCUT2D eigenvalue weighted by atomic mass is 10.2. The Hall–Kier alpha value is -2.30. The van der Waals surface area contributed by atoms with Crippen LogP contribution in [0.2, 0.25) is 0 Å². The van der Waals surface area contributed by atoms with E-state index in [1.54, 1.807) is 42.3 Å². The van der Waals surface area contributed by atoms with Crippen molar-refractivity contribution in [3.8, 4) is 5.75 Å². The van der Waals surface area contributed by atoms with Crippen molar-refractivity contribution in [1.29, 1.82) is 0 Å². The monoisotopic (exact) mass is 263 g/mol. The lowest BCUT2D eigenvalue weighted by Gasteiger charge is -2.17. The molecular weight excluding hydrogens is 246 g/mol. The van der Waals surface area contributed by atoms with Crippen LogP contribution in [-0.4, -0.2) is 30.6 Å². The maximum absolute atomic E-state index is 11.8. The molecule has 5 nitrogen and oxygen atoms in total. The first-order chi connectivity index (χ1) is 9.04. The predicted octanol–water partition coefficient (Wildman–Crippen LogP) is 2.08. The largest absolute Gasteiger partial charge is 0.482 e. The molecule has 0 saturated heterocycles. The molecule has 0 unspecified atom stereocenters. The van der Waals surface area contributed by atoms with Crippen LogP contribution in [0, 0.1) is 0 Å². The van der Waals surface area contributed by atoms with Crippen LogP contribution < -0.4 is 9.64 Å². The number of carbonyl (C=O) groups excluding carboxylic acids is 1. The van der Waals surface area contributed by atoms with E-state index >= 15 is 0 Å². The molecule has 0 saturated carbocycles. The summed E-state index contributed by atoms with van der Waals surface area (Å²) in [6, 6.07) is 6.69. The minimum Gasteiger partial charge on any atom is -0.482 e. The number of carbonyl (C=O) groups is 2. The maximum atomic E-state index is 11.8. The highest BCUT2D eigenvalue weighted by atomic mass is 16.5. The molecule has 1 aromatic carbocycles. The van der Waals surface area contributed by atoms with Crippen molar-refractivity contribution in [3.63, 3.8) is 0 Å². The fourth-order valence-electron chi connectivity index (χ4n) is 1.45. The van der Waals surface area contributed by atoms with Gasteiger partial charge in [0.15, 0.2) is 6.61 Å². The molecule has 0 aliphatic heterocycles. The van der Waals surface area contributed by atoms with Gasteiger partial charge in [0.05, 0.1) is 0 Å². The molecule has 0 fully saturated rings. The Morgan fingerprint density at radius 2 is 2.00 bits per heavy atom. The number of ether oxygens (including phenoxy) is 1. The third-order valence-electron chi connectivity index (χ3n) is 2.52. The Balaban J connectivity index is 2.62. The first-order valence-corrected chi connectivity index (χ1v) is 5.86. The number of carboxylic acids is 1. The van der Waals surface area contributed by atoms with Gasteiger partial charge in [-0.2, -0.15) is 0 Å². The topological polar surface area (TPSA) is 66.8 Å². The summed E-state index contributed by atoms with van der Waals surface area (Å²) in [6.45, 7) is 3.19.